The molecule has 1 saturated heterocycles. The lowest BCUT2D eigenvalue weighted by atomic mass is 9.67. The van der Waals surface area contributed by atoms with Crippen LogP contribution in [0.3, 0.4) is 0 Å². The molecule has 0 aliphatic carbocycles. The minimum atomic E-state index is -0.767. The number of esters is 1. The highest BCUT2D eigenvalue weighted by molar-refractivity contribution is 5.90. The summed E-state index contributed by atoms with van der Waals surface area (Å²) in [6.45, 7) is 7.78. The number of benzene rings is 1. The van der Waals surface area contributed by atoms with E-state index in [0.717, 1.165) is 19.3 Å². The molecule has 1 aromatic carbocycles. The topological polar surface area (TPSA) is 66.8 Å². The van der Waals surface area contributed by atoms with Crippen LogP contribution in [0.25, 0.3) is 0 Å². The number of hydrogen-bond acceptors (Lipinski definition) is 4. The third-order valence-electron chi connectivity index (χ3n) is 5.94. The summed E-state index contributed by atoms with van der Waals surface area (Å²) in [5.41, 5.74) is 0.434. The molecule has 29 heavy (non-hydrogen) atoms. The Hall–Kier alpha value is -1.88. The summed E-state index contributed by atoms with van der Waals surface area (Å²) in [6.07, 6.45) is 4.12. The molecule has 1 fully saturated rings. The third-order valence-corrected chi connectivity index (χ3v) is 5.94. The smallest absolute Gasteiger partial charge is 0.310 e. The second kappa shape index (κ2) is 11.3. The lowest BCUT2D eigenvalue weighted by Crippen LogP contribution is -2.45. The fraction of sp³-hybridized carbons (Fsp3) is 0.667. The van der Waals surface area contributed by atoms with Crippen molar-refractivity contribution in [2.24, 2.45) is 17.3 Å². The van der Waals surface area contributed by atoms with Crippen molar-refractivity contribution < 1.29 is 19.4 Å². The fourth-order valence-corrected chi connectivity index (χ4v) is 4.53. The number of ether oxygens (including phenoxy) is 1. The van der Waals surface area contributed by atoms with Gasteiger partial charge in [0.05, 0.1) is 17.9 Å². The number of aliphatic hydroxyl groups is 1. The Bertz CT molecular complexity index is 646. The van der Waals surface area contributed by atoms with Gasteiger partial charge < -0.3 is 14.7 Å². The number of unbranched alkanes of at least 4 members (excludes halogenated alkanes) is 1. The first-order valence-corrected chi connectivity index (χ1v) is 11.1. The van der Waals surface area contributed by atoms with Gasteiger partial charge >= 0.3 is 5.97 Å². The number of likely N-dealkylation sites (tertiary alicyclic amines) is 1. The van der Waals surface area contributed by atoms with Crippen molar-refractivity contribution in [1.29, 1.82) is 0 Å². The Balaban J connectivity index is 2.18. The van der Waals surface area contributed by atoms with Crippen LogP contribution in [0.1, 0.15) is 58.4 Å². The maximum atomic E-state index is 13.6. The van der Waals surface area contributed by atoms with Crippen LogP contribution in [-0.2, 0) is 20.7 Å². The Morgan fingerprint density at radius 1 is 1.28 bits per heavy atom. The first-order valence-electron chi connectivity index (χ1n) is 11.1. The maximum absolute atomic E-state index is 13.6. The van der Waals surface area contributed by atoms with Gasteiger partial charge in [0.15, 0.2) is 0 Å². The third kappa shape index (κ3) is 6.05. The van der Waals surface area contributed by atoms with E-state index in [1.54, 1.807) is 0 Å². The maximum Gasteiger partial charge on any atom is 0.310 e. The zero-order chi connectivity index (χ0) is 21.3. The molecular weight excluding hydrogens is 366 g/mol. The van der Waals surface area contributed by atoms with Crippen molar-refractivity contribution in [3.05, 3.63) is 35.9 Å². The van der Waals surface area contributed by atoms with E-state index in [9.17, 15) is 14.7 Å². The van der Waals surface area contributed by atoms with Crippen LogP contribution in [-0.4, -0.2) is 48.2 Å². The Morgan fingerprint density at radius 3 is 2.62 bits per heavy atom. The highest BCUT2D eigenvalue weighted by atomic mass is 16.5. The molecule has 1 aromatic rings. The first-order chi connectivity index (χ1) is 13.9. The molecule has 2 rings (SSSR count). The molecule has 0 spiro atoms. The number of carbonyl (C=O) groups excluding carboxylic acids is 2. The molecular formula is C24H37NO4. The summed E-state index contributed by atoms with van der Waals surface area (Å²) in [6, 6.07) is 10.1. The van der Waals surface area contributed by atoms with Crippen LogP contribution in [0, 0.1) is 17.3 Å². The molecule has 5 nitrogen and oxygen atoms in total. The molecule has 1 amide bonds. The molecule has 1 aliphatic rings. The molecule has 0 radical (unpaired) electrons. The van der Waals surface area contributed by atoms with Gasteiger partial charge in [-0.2, -0.15) is 0 Å². The summed E-state index contributed by atoms with van der Waals surface area (Å²) in [7, 11) is 0. The summed E-state index contributed by atoms with van der Waals surface area (Å²) in [4.78, 5) is 28.4. The van der Waals surface area contributed by atoms with E-state index >= 15 is 0 Å². The molecule has 1 heterocycles. The normalized spacial score (nSPS) is 20.3. The Labute approximate surface area is 175 Å². The second-order valence-electron chi connectivity index (χ2n) is 8.62. The van der Waals surface area contributed by atoms with Crippen LogP contribution < -0.4 is 0 Å². The zero-order valence-corrected chi connectivity index (χ0v) is 18.2. The monoisotopic (exact) mass is 403 g/mol. The van der Waals surface area contributed by atoms with Crippen molar-refractivity contribution in [3.63, 3.8) is 0 Å². The number of nitrogens with zero attached hydrogens (tertiary/aromatic N) is 1. The van der Waals surface area contributed by atoms with Crippen LogP contribution in [0.15, 0.2) is 30.3 Å². The standard InChI is InChI=1S/C24H37NO4/c1-4-5-17-29-22(27)21(12-16-26)24(18-19(2)3)13-15-25(23(24)28)14-11-20-9-7-6-8-10-20/h6-10,19,21,26H,4-5,11-18H2,1-3H3. The number of hydrogen-bond donors (Lipinski definition) is 1. The molecule has 0 bridgehead atoms. The van der Waals surface area contributed by atoms with E-state index in [0.29, 0.717) is 32.5 Å². The van der Waals surface area contributed by atoms with Gasteiger partial charge in [0, 0.05) is 19.7 Å². The molecule has 2 unspecified atom stereocenters. The highest BCUT2D eigenvalue weighted by Crippen LogP contribution is 2.46. The predicted molar refractivity (Wildman–Crippen MR) is 114 cm³/mol. The van der Waals surface area contributed by atoms with Gasteiger partial charge in [0.1, 0.15) is 0 Å². The number of carbonyl (C=O) groups is 2. The minimum absolute atomic E-state index is 0.0491. The summed E-state index contributed by atoms with van der Waals surface area (Å²) in [5.74, 6) is -0.585. The van der Waals surface area contributed by atoms with Crippen molar-refractivity contribution in [2.45, 2.75) is 59.3 Å². The summed E-state index contributed by atoms with van der Waals surface area (Å²) >= 11 is 0. The van der Waals surface area contributed by atoms with Gasteiger partial charge in [-0.05, 0) is 43.6 Å². The largest absolute Gasteiger partial charge is 0.465 e. The lowest BCUT2D eigenvalue weighted by molar-refractivity contribution is -0.160. The number of rotatable bonds is 12. The number of amides is 1. The molecule has 1 aliphatic heterocycles. The molecule has 5 heteroatoms. The van der Waals surface area contributed by atoms with E-state index in [2.05, 4.69) is 26.0 Å². The van der Waals surface area contributed by atoms with Crippen LogP contribution in [0.5, 0.6) is 0 Å². The van der Waals surface area contributed by atoms with Gasteiger partial charge in [-0.25, -0.2) is 0 Å². The summed E-state index contributed by atoms with van der Waals surface area (Å²) < 4.78 is 5.51. The minimum Gasteiger partial charge on any atom is -0.465 e. The van der Waals surface area contributed by atoms with Crippen LogP contribution in [0.2, 0.25) is 0 Å². The summed E-state index contributed by atoms with van der Waals surface area (Å²) in [5, 5.41) is 9.64. The Morgan fingerprint density at radius 2 is 2.00 bits per heavy atom. The molecule has 2 atom stereocenters. The van der Waals surface area contributed by atoms with Gasteiger partial charge in [-0.15, -0.1) is 0 Å². The van der Waals surface area contributed by atoms with Crippen molar-refractivity contribution in [3.8, 4) is 0 Å². The van der Waals surface area contributed by atoms with E-state index in [-0.39, 0.29) is 30.8 Å². The number of aliphatic hydroxyl groups excluding tert-OH is 1. The molecule has 162 valence electrons. The van der Waals surface area contributed by atoms with Gasteiger partial charge in [-0.3, -0.25) is 9.59 Å². The SMILES string of the molecule is CCCCOC(=O)C(CCO)C1(CC(C)C)CCN(CCc2ccccc2)C1=O. The Kier molecular flexibility index (Phi) is 9.15. The van der Waals surface area contributed by atoms with E-state index in [1.807, 2.05) is 30.0 Å². The molecule has 1 N–H and O–H groups in total. The molecule has 0 aromatic heterocycles. The average Bonchev–Trinajstić information content (AvgIpc) is 3.01. The van der Waals surface area contributed by atoms with E-state index < -0.39 is 11.3 Å². The van der Waals surface area contributed by atoms with Gasteiger partial charge in [0.25, 0.3) is 0 Å². The van der Waals surface area contributed by atoms with Gasteiger partial charge in [0.2, 0.25) is 5.91 Å². The van der Waals surface area contributed by atoms with Crippen LogP contribution in [0.4, 0.5) is 0 Å². The highest BCUT2D eigenvalue weighted by Gasteiger charge is 2.54. The second-order valence-corrected chi connectivity index (χ2v) is 8.62. The average molecular weight is 404 g/mol. The predicted octanol–water partition coefficient (Wildman–Crippen LogP) is 3.84. The first kappa shape index (κ1) is 23.4. The fourth-order valence-electron chi connectivity index (χ4n) is 4.53. The zero-order valence-electron chi connectivity index (χ0n) is 18.2. The van der Waals surface area contributed by atoms with Gasteiger partial charge in [-0.1, -0.05) is 57.5 Å². The van der Waals surface area contributed by atoms with Crippen molar-refractivity contribution in [1.82, 2.24) is 4.90 Å². The lowest BCUT2D eigenvalue weighted by Gasteiger charge is -2.36. The van der Waals surface area contributed by atoms with E-state index in [1.165, 1.54) is 5.56 Å². The van der Waals surface area contributed by atoms with E-state index in [4.69, 9.17) is 4.74 Å². The van der Waals surface area contributed by atoms with Crippen LogP contribution >= 0.6 is 0 Å². The van der Waals surface area contributed by atoms with Crippen molar-refractivity contribution >= 4 is 11.9 Å². The van der Waals surface area contributed by atoms with Crippen molar-refractivity contribution in [2.75, 3.05) is 26.3 Å². The quantitative estimate of drug-likeness (QED) is 0.425. The molecule has 0 saturated carbocycles.